The van der Waals surface area contributed by atoms with Gasteiger partial charge in [-0.05, 0) is 30.0 Å². The predicted molar refractivity (Wildman–Crippen MR) is 82.9 cm³/mol. The van der Waals surface area contributed by atoms with Crippen molar-refractivity contribution in [3.8, 4) is 0 Å². The SMILES string of the molecule is CC.CC(C)CCCCC(=O)NCc1cccc(F)c1. The van der Waals surface area contributed by atoms with Crippen LogP contribution in [0.15, 0.2) is 24.3 Å². The number of unbranched alkanes of at least 4 members (excludes halogenated alkanes) is 1. The molecule has 0 atom stereocenters. The van der Waals surface area contributed by atoms with E-state index in [1.807, 2.05) is 19.9 Å². The van der Waals surface area contributed by atoms with Gasteiger partial charge in [-0.1, -0.05) is 52.7 Å². The van der Waals surface area contributed by atoms with Crippen molar-refractivity contribution in [3.05, 3.63) is 35.6 Å². The Labute approximate surface area is 122 Å². The third-order valence-corrected chi connectivity index (χ3v) is 2.81. The van der Waals surface area contributed by atoms with E-state index < -0.39 is 0 Å². The molecule has 0 aliphatic rings. The number of hydrogen-bond donors (Lipinski definition) is 1. The fourth-order valence-electron chi connectivity index (χ4n) is 1.77. The summed E-state index contributed by atoms with van der Waals surface area (Å²) >= 11 is 0. The molecule has 0 radical (unpaired) electrons. The van der Waals surface area contributed by atoms with Crippen LogP contribution in [0.25, 0.3) is 0 Å². The lowest BCUT2D eigenvalue weighted by Crippen LogP contribution is -2.22. The highest BCUT2D eigenvalue weighted by Crippen LogP contribution is 2.08. The monoisotopic (exact) mass is 281 g/mol. The summed E-state index contributed by atoms with van der Waals surface area (Å²) in [5.41, 5.74) is 0.797. The molecule has 0 aromatic heterocycles. The molecule has 3 heteroatoms. The van der Waals surface area contributed by atoms with E-state index in [-0.39, 0.29) is 11.7 Å². The van der Waals surface area contributed by atoms with Crippen molar-refractivity contribution in [2.75, 3.05) is 0 Å². The number of nitrogens with one attached hydrogen (secondary N) is 1. The molecule has 1 amide bonds. The lowest BCUT2D eigenvalue weighted by atomic mass is 10.1. The van der Waals surface area contributed by atoms with Crippen molar-refractivity contribution in [2.24, 2.45) is 5.92 Å². The third-order valence-electron chi connectivity index (χ3n) is 2.81. The maximum Gasteiger partial charge on any atom is 0.220 e. The predicted octanol–water partition coefficient (Wildman–Crippen LogP) is 4.68. The van der Waals surface area contributed by atoms with Gasteiger partial charge in [-0.3, -0.25) is 4.79 Å². The standard InChI is InChI=1S/C15H22FNO.C2H6/c1-12(2)6-3-4-9-15(18)17-11-13-7-5-8-14(16)10-13;1-2/h5,7-8,10,12H,3-4,6,9,11H2,1-2H3,(H,17,18);1-2H3. The van der Waals surface area contributed by atoms with Gasteiger partial charge in [-0.2, -0.15) is 0 Å². The molecule has 1 aromatic carbocycles. The van der Waals surface area contributed by atoms with Gasteiger partial charge in [0.25, 0.3) is 0 Å². The van der Waals surface area contributed by atoms with E-state index in [1.54, 1.807) is 6.07 Å². The van der Waals surface area contributed by atoms with E-state index in [4.69, 9.17) is 0 Å². The summed E-state index contributed by atoms with van der Waals surface area (Å²) in [5.74, 6) is 0.474. The second-order valence-electron chi connectivity index (χ2n) is 5.05. The van der Waals surface area contributed by atoms with Crippen LogP contribution in [0.4, 0.5) is 4.39 Å². The quantitative estimate of drug-likeness (QED) is 0.722. The van der Waals surface area contributed by atoms with Gasteiger partial charge >= 0.3 is 0 Å². The van der Waals surface area contributed by atoms with Gasteiger partial charge < -0.3 is 5.32 Å². The molecule has 0 fully saturated rings. The maximum absolute atomic E-state index is 12.9. The van der Waals surface area contributed by atoms with Gasteiger partial charge in [0.05, 0.1) is 0 Å². The number of carbonyl (C=O) groups is 1. The number of hydrogen-bond acceptors (Lipinski definition) is 1. The Bertz CT molecular complexity index is 377. The fraction of sp³-hybridized carbons (Fsp3) is 0.588. The number of halogens is 1. The van der Waals surface area contributed by atoms with Crippen LogP contribution in [0.5, 0.6) is 0 Å². The van der Waals surface area contributed by atoms with Gasteiger partial charge in [0, 0.05) is 13.0 Å². The normalized spacial score (nSPS) is 9.90. The zero-order valence-electron chi connectivity index (χ0n) is 13.2. The number of amides is 1. The van der Waals surface area contributed by atoms with Crippen LogP contribution in [0.1, 0.15) is 58.9 Å². The summed E-state index contributed by atoms with van der Waals surface area (Å²) in [7, 11) is 0. The average molecular weight is 281 g/mol. The van der Waals surface area contributed by atoms with Crippen LogP contribution in [0.2, 0.25) is 0 Å². The molecular formula is C17H28FNO. The molecule has 1 N–H and O–H groups in total. The smallest absolute Gasteiger partial charge is 0.220 e. The molecule has 1 rings (SSSR count). The lowest BCUT2D eigenvalue weighted by Gasteiger charge is -2.06. The minimum Gasteiger partial charge on any atom is -0.352 e. The molecule has 2 nitrogen and oxygen atoms in total. The Morgan fingerprint density at radius 2 is 1.95 bits per heavy atom. The van der Waals surface area contributed by atoms with Crippen LogP contribution in [-0.4, -0.2) is 5.91 Å². The topological polar surface area (TPSA) is 29.1 Å². The van der Waals surface area contributed by atoms with Crippen molar-refractivity contribution < 1.29 is 9.18 Å². The summed E-state index contributed by atoms with van der Waals surface area (Å²) < 4.78 is 12.9. The fourth-order valence-corrected chi connectivity index (χ4v) is 1.77. The minimum absolute atomic E-state index is 0.0445. The summed E-state index contributed by atoms with van der Waals surface area (Å²) in [4.78, 5) is 11.5. The first-order valence-electron chi connectivity index (χ1n) is 7.59. The summed E-state index contributed by atoms with van der Waals surface area (Å²) in [5, 5.41) is 2.81. The van der Waals surface area contributed by atoms with Gasteiger partial charge in [-0.15, -0.1) is 0 Å². The number of rotatable bonds is 7. The summed E-state index contributed by atoms with van der Waals surface area (Å²) in [6.07, 6.45) is 3.73. The van der Waals surface area contributed by atoms with E-state index in [9.17, 15) is 9.18 Å². The molecule has 1 aromatic rings. The molecule has 0 unspecified atom stereocenters. The number of carbonyl (C=O) groups excluding carboxylic acids is 1. The summed E-state index contributed by atoms with van der Waals surface area (Å²) in [6, 6.07) is 6.30. The largest absolute Gasteiger partial charge is 0.352 e. The number of benzene rings is 1. The first-order valence-corrected chi connectivity index (χ1v) is 7.59. The molecule has 0 bridgehead atoms. The van der Waals surface area contributed by atoms with Gasteiger partial charge in [0.2, 0.25) is 5.91 Å². The summed E-state index contributed by atoms with van der Waals surface area (Å²) in [6.45, 7) is 8.77. The highest BCUT2D eigenvalue weighted by molar-refractivity contribution is 5.75. The zero-order chi connectivity index (χ0) is 15.4. The highest BCUT2D eigenvalue weighted by atomic mass is 19.1. The second-order valence-corrected chi connectivity index (χ2v) is 5.05. The molecule has 114 valence electrons. The van der Waals surface area contributed by atoms with Crippen molar-refractivity contribution in [2.45, 2.75) is 59.9 Å². The van der Waals surface area contributed by atoms with E-state index in [0.29, 0.717) is 18.9 Å². The lowest BCUT2D eigenvalue weighted by molar-refractivity contribution is -0.121. The van der Waals surface area contributed by atoms with Crippen LogP contribution < -0.4 is 5.32 Å². The Balaban J connectivity index is 0.00000172. The van der Waals surface area contributed by atoms with Gasteiger partial charge in [-0.25, -0.2) is 4.39 Å². The Kier molecular flexibility index (Phi) is 10.7. The highest BCUT2D eigenvalue weighted by Gasteiger charge is 2.02. The molecule has 20 heavy (non-hydrogen) atoms. The zero-order valence-corrected chi connectivity index (χ0v) is 13.2. The molecular weight excluding hydrogens is 253 g/mol. The van der Waals surface area contributed by atoms with Crippen LogP contribution in [-0.2, 0) is 11.3 Å². The van der Waals surface area contributed by atoms with Crippen LogP contribution in [0, 0.1) is 11.7 Å². The first kappa shape index (κ1) is 18.6. The Morgan fingerprint density at radius 1 is 1.25 bits per heavy atom. The van der Waals surface area contributed by atoms with Crippen molar-refractivity contribution in [3.63, 3.8) is 0 Å². The van der Waals surface area contributed by atoms with E-state index in [0.717, 1.165) is 24.8 Å². The molecule has 0 saturated carbocycles. The maximum atomic E-state index is 12.9. The van der Waals surface area contributed by atoms with Crippen molar-refractivity contribution >= 4 is 5.91 Å². The van der Waals surface area contributed by atoms with Crippen molar-refractivity contribution in [1.29, 1.82) is 0 Å². The van der Waals surface area contributed by atoms with E-state index in [2.05, 4.69) is 19.2 Å². The first-order chi connectivity index (χ1) is 9.58. The molecule has 0 saturated heterocycles. The van der Waals surface area contributed by atoms with Gasteiger partial charge in [0.15, 0.2) is 0 Å². The van der Waals surface area contributed by atoms with Crippen molar-refractivity contribution in [1.82, 2.24) is 5.32 Å². The molecule has 0 aliphatic carbocycles. The minimum atomic E-state index is -0.265. The molecule has 0 spiro atoms. The second kappa shape index (κ2) is 11.4. The molecule has 0 heterocycles. The van der Waals surface area contributed by atoms with E-state index in [1.165, 1.54) is 12.1 Å². The molecule has 0 aliphatic heterocycles. The Hall–Kier alpha value is -1.38. The third kappa shape index (κ3) is 9.54. The van der Waals surface area contributed by atoms with E-state index >= 15 is 0 Å². The average Bonchev–Trinajstić information content (AvgIpc) is 2.43. The van der Waals surface area contributed by atoms with Gasteiger partial charge in [0.1, 0.15) is 5.82 Å². The van der Waals surface area contributed by atoms with Crippen LogP contribution >= 0.6 is 0 Å². The van der Waals surface area contributed by atoms with Crippen LogP contribution in [0.3, 0.4) is 0 Å². The Morgan fingerprint density at radius 3 is 2.55 bits per heavy atom.